The molecule has 0 saturated carbocycles. The number of imidazole rings is 1. The standard InChI is InChI=1S/C16H15F2N7O2/c17-11-2-3-13(12(18)8-11)23-16-14(25(26)27)15(21-9-22-16)20-4-1-6-24-7-5-19-10-24/h2-3,5,7-10H,1,4,6H2,(H2,20,21,22,23). The summed E-state index contributed by atoms with van der Waals surface area (Å²) in [4.78, 5) is 22.4. The molecule has 2 aromatic heterocycles. The van der Waals surface area contributed by atoms with Gasteiger partial charge in [-0.15, -0.1) is 0 Å². The highest BCUT2D eigenvalue weighted by atomic mass is 19.1. The van der Waals surface area contributed by atoms with Crippen LogP contribution in [-0.4, -0.2) is 31.0 Å². The Balaban J connectivity index is 1.74. The normalized spacial score (nSPS) is 10.6. The molecule has 0 aliphatic rings. The third-order valence-electron chi connectivity index (χ3n) is 3.63. The average molecular weight is 375 g/mol. The summed E-state index contributed by atoms with van der Waals surface area (Å²) in [5, 5.41) is 16.9. The molecule has 0 radical (unpaired) electrons. The van der Waals surface area contributed by atoms with Gasteiger partial charge in [0.1, 0.15) is 18.0 Å². The second-order valence-electron chi connectivity index (χ2n) is 5.51. The first kappa shape index (κ1) is 18.2. The fraction of sp³-hybridized carbons (Fsp3) is 0.188. The molecule has 27 heavy (non-hydrogen) atoms. The Labute approximate surface area is 152 Å². The number of hydrogen-bond acceptors (Lipinski definition) is 7. The second kappa shape index (κ2) is 8.17. The largest absolute Gasteiger partial charge is 0.364 e. The number of anilines is 3. The number of rotatable bonds is 8. The highest BCUT2D eigenvalue weighted by Gasteiger charge is 2.23. The molecule has 0 bridgehead atoms. The quantitative estimate of drug-likeness (QED) is 0.353. The highest BCUT2D eigenvalue weighted by molar-refractivity contribution is 5.73. The van der Waals surface area contributed by atoms with Crippen LogP contribution in [0.15, 0.2) is 43.2 Å². The lowest BCUT2D eigenvalue weighted by molar-refractivity contribution is -0.383. The lowest BCUT2D eigenvalue weighted by atomic mass is 10.3. The van der Waals surface area contributed by atoms with Gasteiger partial charge in [-0.25, -0.2) is 23.7 Å². The molecule has 0 aliphatic heterocycles. The van der Waals surface area contributed by atoms with Gasteiger partial charge in [0.05, 0.1) is 16.9 Å². The molecule has 2 N–H and O–H groups in total. The summed E-state index contributed by atoms with van der Waals surface area (Å²) in [5.41, 5.74) is -0.562. The molecule has 0 atom stereocenters. The van der Waals surface area contributed by atoms with Crippen LogP contribution in [0.2, 0.25) is 0 Å². The van der Waals surface area contributed by atoms with Crippen LogP contribution in [0.25, 0.3) is 0 Å². The van der Waals surface area contributed by atoms with E-state index >= 15 is 0 Å². The molecule has 0 saturated heterocycles. The first-order valence-corrected chi connectivity index (χ1v) is 7.95. The minimum absolute atomic E-state index is 0.00523. The highest BCUT2D eigenvalue weighted by Crippen LogP contribution is 2.31. The summed E-state index contributed by atoms with van der Waals surface area (Å²) in [6.07, 6.45) is 6.94. The van der Waals surface area contributed by atoms with Gasteiger partial charge in [0.2, 0.25) is 11.6 Å². The Morgan fingerprint density at radius 3 is 2.74 bits per heavy atom. The second-order valence-corrected chi connectivity index (χ2v) is 5.51. The van der Waals surface area contributed by atoms with E-state index in [-0.39, 0.29) is 17.3 Å². The van der Waals surface area contributed by atoms with Crippen LogP contribution in [0.5, 0.6) is 0 Å². The molecule has 3 aromatic rings. The van der Waals surface area contributed by atoms with E-state index < -0.39 is 22.2 Å². The van der Waals surface area contributed by atoms with Gasteiger partial charge in [-0.1, -0.05) is 0 Å². The fourth-order valence-corrected chi connectivity index (χ4v) is 2.38. The van der Waals surface area contributed by atoms with Gasteiger partial charge in [-0.3, -0.25) is 10.1 Å². The molecule has 3 rings (SSSR count). The molecule has 1 aromatic carbocycles. The Morgan fingerprint density at radius 1 is 1.22 bits per heavy atom. The van der Waals surface area contributed by atoms with Crippen molar-refractivity contribution in [1.82, 2.24) is 19.5 Å². The van der Waals surface area contributed by atoms with Crippen LogP contribution in [-0.2, 0) is 6.54 Å². The number of aromatic nitrogens is 4. The lowest BCUT2D eigenvalue weighted by Gasteiger charge is -2.10. The summed E-state index contributed by atoms with van der Waals surface area (Å²) < 4.78 is 28.7. The van der Waals surface area contributed by atoms with E-state index in [0.717, 1.165) is 18.5 Å². The molecule has 0 unspecified atom stereocenters. The van der Waals surface area contributed by atoms with E-state index in [4.69, 9.17) is 0 Å². The zero-order chi connectivity index (χ0) is 19.2. The topological polar surface area (TPSA) is 111 Å². The first-order valence-electron chi connectivity index (χ1n) is 7.95. The number of aryl methyl sites for hydroxylation is 1. The Bertz CT molecular complexity index is 935. The zero-order valence-electron chi connectivity index (χ0n) is 14.0. The maximum atomic E-state index is 13.8. The van der Waals surface area contributed by atoms with Crippen molar-refractivity contribution in [1.29, 1.82) is 0 Å². The van der Waals surface area contributed by atoms with E-state index in [1.165, 1.54) is 0 Å². The molecule has 0 aliphatic carbocycles. The van der Waals surface area contributed by atoms with Gasteiger partial charge in [0, 0.05) is 31.5 Å². The summed E-state index contributed by atoms with van der Waals surface area (Å²) >= 11 is 0. The van der Waals surface area contributed by atoms with Crippen LogP contribution in [0.4, 0.5) is 31.8 Å². The predicted octanol–water partition coefficient (Wildman–Crippen LogP) is 3.11. The van der Waals surface area contributed by atoms with Crippen LogP contribution < -0.4 is 10.6 Å². The van der Waals surface area contributed by atoms with Gasteiger partial charge < -0.3 is 15.2 Å². The van der Waals surface area contributed by atoms with Crippen LogP contribution >= 0.6 is 0 Å². The number of halogens is 2. The lowest BCUT2D eigenvalue weighted by Crippen LogP contribution is -2.11. The number of benzene rings is 1. The number of nitrogens with zero attached hydrogens (tertiary/aromatic N) is 5. The van der Waals surface area contributed by atoms with Gasteiger partial charge in [0.25, 0.3) is 0 Å². The molecular formula is C16H15F2N7O2. The van der Waals surface area contributed by atoms with Crippen molar-refractivity contribution in [2.75, 3.05) is 17.2 Å². The number of nitrogens with one attached hydrogen (secondary N) is 2. The fourth-order valence-electron chi connectivity index (χ4n) is 2.38. The predicted molar refractivity (Wildman–Crippen MR) is 93.7 cm³/mol. The maximum absolute atomic E-state index is 13.8. The van der Waals surface area contributed by atoms with Crippen LogP contribution in [0.3, 0.4) is 0 Å². The zero-order valence-corrected chi connectivity index (χ0v) is 14.0. The smallest absolute Gasteiger partial charge is 0.353 e. The number of hydrogen-bond donors (Lipinski definition) is 2. The molecule has 9 nitrogen and oxygen atoms in total. The first-order chi connectivity index (χ1) is 13.0. The summed E-state index contributed by atoms with van der Waals surface area (Å²) in [7, 11) is 0. The van der Waals surface area contributed by atoms with Crippen molar-refractivity contribution in [3.05, 3.63) is 65.0 Å². The third kappa shape index (κ3) is 4.51. The van der Waals surface area contributed by atoms with Gasteiger partial charge >= 0.3 is 5.69 Å². The molecule has 140 valence electrons. The SMILES string of the molecule is O=[N+]([O-])c1c(NCCCn2ccnc2)ncnc1Nc1ccc(F)cc1F. The van der Waals surface area contributed by atoms with Crippen LogP contribution in [0.1, 0.15) is 6.42 Å². The molecule has 0 spiro atoms. The molecular weight excluding hydrogens is 360 g/mol. The van der Waals surface area contributed by atoms with E-state index in [1.54, 1.807) is 12.5 Å². The van der Waals surface area contributed by atoms with Crippen molar-refractivity contribution in [2.45, 2.75) is 13.0 Å². The Hall–Kier alpha value is -3.63. The molecule has 0 amide bonds. The summed E-state index contributed by atoms with van der Waals surface area (Å²) in [6, 6.07) is 2.84. The Morgan fingerprint density at radius 2 is 2.04 bits per heavy atom. The minimum atomic E-state index is -0.891. The van der Waals surface area contributed by atoms with Crippen LogP contribution in [0, 0.1) is 21.7 Å². The van der Waals surface area contributed by atoms with E-state index in [0.29, 0.717) is 25.6 Å². The monoisotopic (exact) mass is 375 g/mol. The van der Waals surface area contributed by atoms with E-state index in [2.05, 4.69) is 25.6 Å². The van der Waals surface area contributed by atoms with E-state index in [9.17, 15) is 18.9 Å². The van der Waals surface area contributed by atoms with E-state index in [1.807, 2.05) is 10.8 Å². The molecule has 11 heteroatoms. The van der Waals surface area contributed by atoms with Crippen molar-refractivity contribution in [2.24, 2.45) is 0 Å². The summed E-state index contributed by atoms with van der Waals surface area (Å²) in [6.45, 7) is 1.10. The van der Waals surface area contributed by atoms with Gasteiger partial charge in [-0.05, 0) is 18.6 Å². The van der Waals surface area contributed by atoms with Crippen molar-refractivity contribution in [3.8, 4) is 0 Å². The van der Waals surface area contributed by atoms with Crippen molar-refractivity contribution < 1.29 is 13.7 Å². The average Bonchev–Trinajstić information content (AvgIpc) is 3.14. The number of nitro groups is 1. The Kier molecular flexibility index (Phi) is 5.50. The van der Waals surface area contributed by atoms with Gasteiger partial charge in [0.15, 0.2) is 0 Å². The summed E-state index contributed by atoms with van der Waals surface area (Å²) in [5.74, 6) is -1.84. The van der Waals surface area contributed by atoms with Gasteiger partial charge in [-0.2, -0.15) is 0 Å². The third-order valence-corrected chi connectivity index (χ3v) is 3.63. The van der Waals surface area contributed by atoms with Crippen molar-refractivity contribution in [3.63, 3.8) is 0 Å². The minimum Gasteiger partial charge on any atom is -0.364 e. The molecule has 2 heterocycles. The maximum Gasteiger partial charge on any atom is 0.353 e. The van der Waals surface area contributed by atoms with Crippen molar-refractivity contribution >= 4 is 23.0 Å². The molecule has 0 fully saturated rings.